The van der Waals surface area contributed by atoms with Gasteiger partial charge in [-0.3, -0.25) is 9.59 Å². The lowest BCUT2D eigenvalue weighted by Crippen LogP contribution is -2.18. The van der Waals surface area contributed by atoms with Gasteiger partial charge in [0.05, 0.1) is 7.11 Å². The Morgan fingerprint density at radius 2 is 0.841 bits per heavy atom. The smallest absolute Gasteiger partial charge is 0.313 e. The summed E-state index contributed by atoms with van der Waals surface area (Å²) in [5, 5.41) is 18.6. The van der Waals surface area contributed by atoms with Crippen LogP contribution in [0.1, 0.15) is 56.9 Å². The maximum Gasteiger partial charge on any atom is 0.313 e. The van der Waals surface area contributed by atoms with Gasteiger partial charge >= 0.3 is 10.7 Å². The van der Waals surface area contributed by atoms with Crippen LogP contribution in [0.4, 0.5) is 4.79 Å². The number of carbonyl (C=O) groups is 2. The summed E-state index contributed by atoms with van der Waals surface area (Å²) in [7, 11) is 4.08. The summed E-state index contributed by atoms with van der Waals surface area (Å²) < 4.78 is 9.37. The summed E-state index contributed by atoms with van der Waals surface area (Å²) in [5.41, 5.74) is 4.32. The van der Waals surface area contributed by atoms with E-state index in [1.54, 1.807) is 31.4 Å². The van der Waals surface area contributed by atoms with Gasteiger partial charge in [-0.2, -0.15) is 0 Å². The highest BCUT2D eigenvalue weighted by molar-refractivity contribution is 7.15. The number of halogens is 2. The quantitative estimate of drug-likeness (QED) is 0.0928. The van der Waals surface area contributed by atoms with Gasteiger partial charge in [0.2, 0.25) is 0 Å². The van der Waals surface area contributed by atoms with Gasteiger partial charge in [-0.25, -0.2) is 0 Å². The van der Waals surface area contributed by atoms with Crippen molar-refractivity contribution in [1.82, 2.24) is 0 Å². The minimum Gasteiger partial charge on any atom is -0.508 e. The second-order valence-electron chi connectivity index (χ2n) is 10.4. The van der Waals surface area contributed by atoms with Gasteiger partial charge in [0.25, 0.3) is 0 Å². The van der Waals surface area contributed by atoms with Crippen molar-refractivity contribution in [2.75, 3.05) is 13.8 Å². The summed E-state index contributed by atoms with van der Waals surface area (Å²) in [6, 6.07) is 30.1. The fourth-order valence-corrected chi connectivity index (χ4v) is 4.20. The Morgan fingerprint density at radius 1 is 0.591 bits per heavy atom. The Labute approximate surface area is 273 Å². The molecule has 0 saturated heterocycles. The Balaban J connectivity index is 0.000000379. The number of carbonyl (C=O) groups excluding carboxylic acids is 2. The first-order valence-corrected chi connectivity index (χ1v) is 15.5. The molecule has 4 rings (SSSR count). The van der Waals surface area contributed by atoms with Gasteiger partial charge in [-0.15, -0.1) is 9.24 Å². The molecule has 9 heteroatoms. The summed E-state index contributed by atoms with van der Waals surface area (Å²) in [6.07, 6.45) is 0. The van der Waals surface area contributed by atoms with Gasteiger partial charge < -0.3 is 19.7 Å². The molecule has 1 unspecified atom stereocenters. The first-order valence-electron chi connectivity index (χ1n) is 13.6. The van der Waals surface area contributed by atoms with Crippen molar-refractivity contribution in [2.45, 2.75) is 45.4 Å². The van der Waals surface area contributed by atoms with Crippen LogP contribution in [-0.4, -0.2) is 34.7 Å². The van der Waals surface area contributed by atoms with E-state index in [2.05, 4.69) is 72.3 Å². The van der Waals surface area contributed by atoms with Crippen molar-refractivity contribution in [3.05, 3.63) is 119 Å². The third kappa shape index (κ3) is 12.2. The summed E-state index contributed by atoms with van der Waals surface area (Å²) in [6.45, 7) is 11.9. The molecule has 0 radical (unpaired) electrons. The van der Waals surface area contributed by atoms with Gasteiger partial charge in [0.15, 0.2) is 0 Å². The van der Waals surface area contributed by atoms with Crippen LogP contribution in [0.3, 0.4) is 0 Å². The number of ether oxygens (including phenoxy) is 2. The summed E-state index contributed by atoms with van der Waals surface area (Å²) in [5.74, 6) is 1.65. The van der Waals surface area contributed by atoms with E-state index in [0.29, 0.717) is 5.75 Å². The Hall–Kier alpha value is -3.57. The molecule has 6 nitrogen and oxygen atoms in total. The molecule has 4 aromatic carbocycles. The molecule has 0 saturated carbocycles. The van der Waals surface area contributed by atoms with E-state index in [-0.39, 0.29) is 28.3 Å². The highest BCUT2D eigenvalue weighted by Gasteiger charge is 2.24. The van der Waals surface area contributed by atoms with Crippen LogP contribution < -0.4 is 9.47 Å². The lowest BCUT2D eigenvalue weighted by atomic mass is 9.78. The Morgan fingerprint density at radius 3 is 1.09 bits per heavy atom. The first-order chi connectivity index (χ1) is 20.7. The van der Waals surface area contributed by atoms with Crippen LogP contribution >= 0.6 is 32.4 Å². The number of esters is 1. The Bertz CT molecular complexity index is 1380. The summed E-state index contributed by atoms with van der Waals surface area (Å²) >= 11 is 8.80. The molecule has 0 aliphatic heterocycles. The molecule has 44 heavy (non-hydrogen) atoms. The zero-order valence-electron chi connectivity index (χ0n) is 26.1. The molecule has 4 aromatic rings. The standard InChI is InChI=1S/C18H20O3.C15H16O2.CCl2O.CH5P/c1-13(19)21-17-11-7-15(8-12-17)18(2,3)14-5-9-16(20-4)10-6-14;1-15(2,11-3-7-13(16)8-4-11)12-5-9-14(17)10-6-12;2-1(3)4;1-2/h5-12H,1-4H3;3-10,16-17H,1-2H3;;2H2,1H3. The average molecular weight is 660 g/mol. The predicted octanol–water partition coefficient (Wildman–Crippen LogP) is 9.45. The topological polar surface area (TPSA) is 93.1 Å². The van der Waals surface area contributed by atoms with E-state index in [1.165, 1.54) is 12.5 Å². The molecule has 1 atom stereocenters. The first kappa shape index (κ1) is 38.5. The van der Waals surface area contributed by atoms with Crippen molar-refractivity contribution in [3.63, 3.8) is 0 Å². The molecule has 2 N–H and O–H groups in total. The van der Waals surface area contributed by atoms with E-state index in [0.717, 1.165) is 22.4 Å². The lowest BCUT2D eigenvalue weighted by Gasteiger charge is -2.26. The minimum absolute atomic E-state index is 0.138. The van der Waals surface area contributed by atoms with E-state index in [4.69, 9.17) is 14.3 Å². The number of hydrogen-bond acceptors (Lipinski definition) is 6. The zero-order valence-corrected chi connectivity index (χ0v) is 28.8. The minimum atomic E-state index is -0.889. The lowest BCUT2D eigenvalue weighted by molar-refractivity contribution is -0.131. The SMILES string of the molecule is CC(C)(c1ccc(O)cc1)c1ccc(O)cc1.COc1ccc(C(C)(C)c2ccc(OC(C)=O)cc2)cc1.CP.O=C(Cl)Cl. The molecule has 0 heterocycles. The molecular weight excluding hydrogens is 618 g/mol. The summed E-state index contributed by atoms with van der Waals surface area (Å²) in [4.78, 5) is 19.9. The van der Waals surface area contributed by atoms with Crippen molar-refractivity contribution >= 4 is 43.1 Å². The largest absolute Gasteiger partial charge is 0.508 e. The molecule has 0 aliphatic rings. The van der Waals surface area contributed by atoms with Crippen molar-refractivity contribution in [3.8, 4) is 23.0 Å². The monoisotopic (exact) mass is 658 g/mol. The maximum absolute atomic E-state index is 10.9. The molecule has 0 fully saturated rings. The van der Waals surface area contributed by atoms with Crippen LogP contribution in [0.5, 0.6) is 23.0 Å². The number of rotatable bonds is 6. The van der Waals surface area contributed by atoms with Crippen molar-refractivity contribution in [1.29, 1.82) is 0 Å². The van der Waals surface area contributed by atoms with Crippen LogP contribution in [0.15, 0.2) is 97.1 Å². The maximum atomic E-state index is 10.9. The molecule has 0 aromatic heterocycles. The van der Waals surface area contributed by atoms with E-state index < -0.39 is 4.70 Å². The van der Waals surface area contributed by atoms with Gasteiger partial charge in [0.1, 0.15) is 23.0 Å². The predicted molar refractivity (Wildman–Crippen MR) is 184 cm³/mol. The van der Waals surface area contributed by atoms with Crippen molar-refractivity contribution < 1.29 is 29.3 Å². The molecule has 0 aliphatic carbocycles. The number of hydrogen-bond donors (Lipinski definition) is 2. The van der Waals surface area contributed by atoms with Crippen molar-refractivity contribution in [2.24, 2.45) is 0 Å². The van der Waals surface area contributed by atoms with Crippen LogP contribution in [-0.2, 0) is 15.6 Å². The zero-order chi connectivity index (χ0) is 33.5. The molecule has 0 spiro atoms. The second-order valence-corrected chi connectivity index (χ2v) is 11.3. The fourth-order valence-electron chi connectivity index (χ4n) is 4.20. The van der Waals surface area contributed by atoms with Gasteiger partial charge in [-0.05, 0) is 94.0 Å². The second kappa shape index (κ2) is 18.3. The number of phenols is 2. The molecule has 0 bridgehead atoms. The normalized spacial score (nSPS) is 10.4. The average Bonchev–Trinajstić information content (AvgIpc) is 2.99. The molecule has 0 amide bonds. The van der Waals surface area contributed by atoms with Gasteiger partial charge in [0, 0.05) is 17.8 Å². The van der Waals surface area contributed by atoms with Gasteiger partial charge in [-0.1, -0.05) is 82.9 Å². The highest BCUT2D eigenvalue weighted by Crippen LogP contribution is 2.34. The van der Waals surface area contributed by atoms with Crippen LogP contribution in [0, 0.1) is 0 Å². The third-order valence-corrected chi connectivity index (χ3v) is 6.83. The van der Waals surface area contributed by atoms with E-state index in [9.17, 15) is 15.0 Å². The molecular formula is C35H41Cl2O6P. The fraction of sp³-hybridized carbons (Fsp3) is 0.257. The Kier molecular flexibility index (Phi) is 16.0. The number of benzene rings is 4. The van der Waals surface area contributed by atoms with Crippen LogP contribution in [0.2, 0.25) is 0 Å². The highest BCUT2D eigenvalue weighted by atomic mass is 35.5. The third-order valence-electron chi connectivity index (χ3n) is 6.83. The number of phenolic OH excluding ortho intramolecular Hbond substituents is 2. The van der Waals surface area contributed by atoms with E-state index >= 15 is 0 Å². The van der Waals surface area contributed by atoms with Crippen LogP contribution in [0.25, 0.3) is 0 Å². The molecule has 236 valence electrons. The van der Waals surface area contributed by atoms with E-state index in [1.807, 2.05) is 67.3 Å². The number of aromatic hydroxyl groups is 2. The number of methoxy groups -OCH3 is 1.